The lowest BCUT2D eigenvalue weighted by molar-refractivity contribution is -0.121. The number of anilines is 1. The third-order valence-electron chi connectivity index (χ3n) is 4.77. The third-order valence-corrected chi connectivity index (χ3v) is 5.11. The lowest BCUT2D eigenvalue weighted by Crippen LogP contribution is -2.35. The maximum Gasteiger partial charge on any atom is 0.283 e. The highest BCUT2D eigenvalue weighted by Gasteiger charge is 2.41. The minimum Gasteiger partial charge on any atom is -0.357 e. The highest BCUT2D eigenvalue weighted by Crippen LogP contribution is 2.32. The topological polar surface area (TPSA) is 40.6 Å². The predicted molar refractivity (Wildman–Crippen MR) is 114 cm³/mol. The van der Waals surface area contributed by atoms with Gasteiger partial charge in [0, 0.05) is 13.1 Å². The summed E-state index contributed by atoms with van der Waals surface area (Å²) in [6.45, 7) is 0.922. The third kappa shape index (κ3) is 3.93. The Balaban J connectivity index is 1.71. The Morgan fingerprint density at radius 2 is 1.10 bits per heavy atom. The van der Waals surface area contributed by atoms with Crippen molar-refractivity contribution < 1.29 is 9.59 Å². The number of amides is 2. The Labute approximate surface area is 174 Å². The molecular formula is C24H19ClN2O2. The van der Waals surface area contributed by atoms with Crippen LogP contribution in [-0.2, 0) is 22.7 Å². The van der Waals surface area contributed by atoms with Crippen LogP contribution < -0.4 is 4.90 Å². The molecule has 0 saturated heterocycles. The van der Waals surface area contributed by atoms with Crippen LogP contribution in [0.15, 0.2) is 102 Å². The normalized spacial score (nSPS) is 13.9. The van der Waals surface area contributed by atoms with Crippen LogP contribution in [0.25, 0.3) is 0 Å². The highest BCUT2D eigenvalue weighted by molar-refractivity contribution is 6.52. The predicted octanol–water partition coefficient (Wildman–Crippen LogP) is 4.71. The molecule has 0 unspecified atom stereocenters. The number of para-hydroxylation sites is 1. The fraction of sp³-hybridized carbons (Fsp3) is 0.0833. The van der Waals surface area contributed by atoms with E-state index in [1.165, 1.54) is 0 Å². The van der Waals surface area contributed by atoms with E-state index < -0.39 is 11.8 Å². The van der Waals surface area contributed by atoms with E-state index in [-0.39, 0.29) is 10.7 Å². The van der Waals surface area contributed by atoms with Crippen LogP contribution >= 0.6 is 11.6 Å². The minimum atomic E-state index is -0.496. The number of nitrogens with zero attached hydrogens (tertiary/aromatic N) is 2. The quantitative estimate of drug-likeness (QED) is 0.560. The van der Waals surface area contributed by atoms with E-state index in [9.17, 15) is 9.59 Å². The van der Waals surface area contributed by atoms with E-state index in [0.29, 0.717) is 18.8 Å². The number of carbonyl (C=O) groups is 2. The molecule has 0 fully saturated rings. The van der Waals surface area contributed by atoms with Gasteiger partial charge in [0.1, 0.15) is 10.7 Å². The molecule has 0 radical (unpaired) electrons. The molecule has 3 aromatic rings. The first kappa shape index (κ1) is 19.0. The van der Waals surface area contributed by atoms with Crippen LogP contribution in [0.2, 0.25) is 0 Å². The molecule has 0 N–H and O–H groups in total. The summed E-state index contributed by atoms with van der Waals surface area (Å²) in [5.74, 6) is -0.901. The van der Waals surface area contributed by atoms with Crippen molar-refractivity contribution >= 4 is 29.1 Å². The van der Waals surface area contributed by atoms with Gasteiger partial charge >= 0.3 is 0 Å². The second-order valence-corrected chi connectivity index (χ2v) is 7.15. The van der Waals surface area contributed by atoms with E-state index >= 15 is 0 Å². The molecule has 1 aliphatic heterocycles. The molecule has 4 nitrogen and oxygen atoms in total. The average Bonchev–Trinajstić information content (AvgIpc) is 2.98. The second-order valence-electron chi connectivity index (χ2n) is 6.77. The largest absolute Gasteiger partial charge is 0.357 e. The first-order valence-electron chi connectivity index (χ1n) is 9.31. The minimum absolute atomic E-state index is 0.0503. The van der Waals surface area contributed by atoms with Gasteiger partial charge in [-0.1, -0.05) is 90.5 Å². The second kappa shape index (κ2) is 8.33. The number of carbonyl (C=O) groups excluding carboxylic acids is 2. The summed E-state index contributed by atoms with van der Waals surface area (Å²) < 4.78 is 0. The number of imide groups is 1. The van der Waals surface area contributed by atoms with Crippen molar-refractivity contribution in [2.45, 2.75) is 13.1 Å². The smallest absolute Gasteiger partial charge is 0.283 e. The van der Waals surface area contributed by atoms with E-state index in [1.807, 2.05) is 71.6 Å². The van der Waals surface area contributed by atoms with Gasteiger partial charge < -0.3 is 4.90 Å². The van der Waals surface area contributed by atoms with Crippen molar-refractivity contribution in [3.8, 4) is 0 Å². The number of benzene rings is 3. The van der Waals surface area contributed by atoms with Crippen molar-refractivity contribution in [1.29, 1.82) is 0 Å². The fourth-order valence-corrected chi connectivity index (χ4v) is 3.68. The molecule has 5 heteroatoms. The summed E-state index contributed by atoms with van der Waals surface area (Å²) in [5, 5.41) is -0.0503. The molecule has 2 amide bonds. The summed E-state index contributed by atoms with van der Waals surface area (Å²) in [7, 11) is 0. The molecule has 0 atom stereocenters. The summed E-state index contributed by atoms with van der Waals surface area (Å²) in [6, 6.07) is 28.5. The van der Waals surface area contributed by atoms with Gasteiger partial charge in [-0.2, -0.15) is 0 Å². The maximum atomic E-state index is 13.3. The molecule has 4 rings (SSSR count). The van der Waals surface area contributed by atoms with Gasteiger partial charge in [-0.15, -0.1) is 0 Å². The molecule has 0 aromatic heterocycles. The van der Waals surface area contributed by atoms with E-state index in [0.717, 1.165) is 16.0 Å². The number of halogens is 1. The molecule has 1 heterocycles. The van der Waals surface area contributed by atoms with Crippen molar-refractivity contribution in [2.75, 3.05) is 4.90 Å². The first-order chi connectivity index (χ1) is 14.1. The van der Waals surface area contributed by atoms with E-state index in [1.54, 1.807) is 24.3 Å². The van der Waals surface area contributed by atoms with Gasteiger partial charge in [0.05, 0.1) is 5.69 Å². The van der Waals surface area contributed by atoms with Gasteiger partial charge in [0.2, 0.25) is 0 Å². The Bertz CT molecular complexity index is 1010. The zero-order chi connectivity index (χ0) is 20.2. The highest BCUT2D eigenvalue weighted by atomic mass is 35.5. The summed E-state index contributed by atoms with van der Waals surface area (Å²) in [6.07, 6.45) is 0. The monoisotopic (exact) mass is 402 g/mol. The zero-order valence-corrected chi connectivity index (χ0v) is 16.4. The van der Waals surface area contributed by atoms with Crippen LogP contribution in [0.1, 0.15) is 11.1 Å². The number of hydrogen-bond acceptors (Lipinski definition) is 3. The van der Waals surface area contributed by atoms with Crippen molar-refractivity contribution in [3.63, 3.8) is 0 Å². The van der Waals surface area contributed by atoms with Crippen molar-refractivity contribution in [2.24, 2.45) is 0 Å². The standard InChI is InChI=1S/C24H19ClN2O2/c25-21-22(24(29)27(23(21)28)20-14-8-3-9-15-20)26(16-18-10-4-1-5-11-18)17-19-12-6-2-7-13-19/h1-15H,16-17H2. The van der Waals surface area contributed by atoms with Gasteiger partial charge in [-0.25, -0.2) is 4.90 Å². The molecule has 29 heavy (non-hydrogen) atoms. The van der Waals surface area contributed by atoms with Crippen molar-refractivity contribution in [3.05, 3.63) is 113 Å². The van der Waals surface area contributed by atoms with Crippen LogP contribution in [0.4, 0.5) is 5.69 Å². The summed E-state index contributed by atoms with van der Waals surface area (Å²) in [4.78, 5) is 29.1. The fourth-order valence-electron chi connectivity index (χ4n) is 3.40. The lowest BCUT2D eigenvalue weighted by atomic mass is 10.1. The van der Waals surface area contributed by atoms with E-state index in [2.05, 4.69) is 0 Å². The molecule has 1 aliphatic rings. The molecule has 144 valence electrons. The molecule has 0 spiro atoms. The Kier molecular flexibility index (Phi) is 5.45. The molecule has 0 aliphatic carbocycles. The van der Waals surface area contributed by atoms with Crippen LogP contribution in [-0.4, -0.2) is 16.7 Å². The first-order valence-corrected chi connectivity index (χ1v) is 9.69. The molecular weight excluding hydrogens is 384 g/mol. The van der Waals surface area contributed by atoms with Gasteiger partial charge in [-0.3, -0.25) is 9.59 Å². The summed E-state index contributed by atoms with van der Waals surface area (Å²) >= 11 is 6.42. The lowest BCUT2D eigenvalue weighted by Gasteiger charge is -2.26. The molecule has 0 bridgehead atoms. The SMILES string of the molecule is O=C1C(Cl)=C(N(Cc2ccccc2)Cc2ccccc2)C(=O)N1c1ccccc1. The number of hydrogen-bond donors (Lipinski definition) is 0. The zero-order valence-electron chi connectivity index (χ0n) is 15.7. The van der Waals surface area contributed by atoms with Gasteiger partial charge in [-0.05, 0) is 23.3 Å². The number of rotatable bonds is 6. The van der Waals surface area contributed by atoms with Crippen molar-refractivity contribution in [1.82, 2.24) is 4.90 Å². The molecule has 3 aromatic carbocycles. The van der Waals surface area contributed by atoms with Gasteiger partial charge in [0.25, 0.3) is 11.8 Å². The van der Waals surface area contributed by atoms with Crippen LogP contribution in [0, 0.1) is 0 Å². The van der Waals surface area contributed by atoms with Crippen LogP contribution in [0.3, 0.4) is 0 Å². The Morgan fingerprint density at radius 1 is 0.655 bits per heavy atom. The summed E-state index contributed by atoms with van der Waals surface area (Å²) in [5.41, 5.74) is 2.79. The van der Waals surface area contributed by atoms with Crippen LogP contribution in [0.5, 0.6) is 0 Å². The Morgan fingerprint density at radius 3 is 1.59 bits per heavy atom. The molecule has 0 saturated carbocycles. The maximum absolute atomic E-state index is 13.3. The average molecular weight is 403 g/mol. The van der Waals surface area contributed by atoms with E-state index in [4.69, 9.17) is 11.6 Å². The van der Waals surface area contributed by atoms with Gasteiger partial charge in [0.15, 0.2) is 0 Å². The Hall–Kier alpha value is -3.37.